The van der Waals surface area contributed by atoms with Gasteiger partial charge >= 0.3 is 5.97 Å². The highest BCUT2D eigenvalue weighted by atomic mass is 32.1. The number of amides is 1. The second-order valence-electron chi connectivity index (χ2n) is 8.56. The van der Waals surface area contributed by atoms with Crippen LogP contribution in [0.5, 0.6) is 10.9 Å². The summed E-state index contributed by atoms with van der Waals surface area (Å²) < 4.78 is 15.6. The summed E-state index contributed by atoms with van der Waals surface area (Å²) >= 11 is 1.20. The second-order valence-corrected chi connectivity index (χ2v) is 9.28. The van der Waals surface area contributed by atoms with Crippen LogP contribution in [0.3, 0.4) is 0 Å². The van der Waals surface area contributed by atoms with Crippen LogP contribution < -0.4 is 4.74 Å². The van der Waals surface area contributed by atoms with Gasteiger partial charge in [-0.3, -0.25) is 9.59 Å². The van der Waals surface area contributed by atoms with Gasteiger partial charge in [0, 0.05) is 36.6 Å². The Bertz CT molecular complexity index is 1160. The first-order valence-electron chi connectivity index (χ1n) is 11.6. The van der Waals surface area contributed by atoms with Crippen molar-refractivity contribution >= 4 is 23.4 Å². The number of piperidine rings is 1. The van der Waals surface area contributed by atoms with E-state index in [1.165, 1.54) is 17.1 Å². The van der Waals surface area contributed by atoms with Gasteiger partial charge in [-0.15, -0.1) is 0 Å². The molecule has 34 heavy (non-hydrogen) atoms. The number of nitrogens with zero attached hydrogens (tertiary/aromatic N) is 3. The molecule has 3 aromatic rings. The van der Waals surface area contributed by atoms with Crippen LogP contribution in [0, 0.1) is 19.8 Å². The van der Waals surface area contributed by atoms with Crippen LogP contribution in [-0.4, -0.2) is 45.8 Å². The Morgan fingerprint density at radius 1 is 1.15 bits per heavy atom. The number of benzene rings is 2. The number of carbonyl (C=O) groups is 2. The first-order chi connectivity index (χ1) is 16.4. The SMILES string of the molecule is CCOC(=O)C1CCCN(C(=O)c2ccc(C)c(Oc3nc(Cc4ccc(C)cc4)ns3)c2)C1. The molecule has 0 spiro atoms. The molecule has 0 bridgehead atoms. The smallest absolute Gasteiger partial charge is 0.310 e. The molecule has 2 aromatic carbocycles. The van der Waals surface area contributed by atoms with E-state index in [1.54, 1.807) is 24.0 Å². The van der Waals surface area contributed by atoms with Gasteiger partial charge in [-0.25, -0.2) is 0 Å². The monoisotopic (exact) mass is 479 g/mol. The number of ether oxygens (including phenoxy) is 2. The zero-order valence-corrected chi connectivity index (χ0v) is 20.6. The molecule has 0 aliphatic carbocycles. The standard InChI is InChI=1S/C26H29N3O4S/c1-4-32-25(31)21-6-5-13-29(16-21)24(30)20-12-9-18(3)22(15-20)33-26-27-23(28-34-26)14-19-10-7-17(2)8-11-19/h7-12,15,21H,4-6,13-14,16H2,1-3H3. The first-order valence-corrected chi connectivity index (χ1v) is 12.3. The van der Waals surface area contributed by atoms with Crippen LogP contribution in [-0.2, 0) is 16.0 Å². The number of esters is 1. The zero-order valence-electron chi connectivity index (χ0n) is 19.7. The maximum Gasteiger partial charge on any atom is 0.310 e. The third-order valence-electron chi connectivity index (χ3n) is 5.89. The Morgan fingerprint density at radius 3 is 2.71 bits per heavy atom. The predicted octanol–water partition coefficient (Wildman–Crippen LogP) is 4.95. The van der Waals surface area contributed by atoms with Crippen molar-refractivity contribution in [2.75, 3.05) is 19.7 Å². The number of aryl methyl sites for hydroxylation is 2. The Morgan fingerprint density at radius 2 is 1.94 bits per heavy atom. The predicted molar refractivity (Wildman–Crippen MR) is 130 cm³/mol. The van der Waals surface area contributed by atoms with E-state index < -0.39 is 0 Å². The quantitative estimate of drug-likeness (QED) is 0.446. The van der Waals surface area contributed by atoms with Crippen LogP contribution in [0.1, 0.15) is 52.6 Å². The first kappa shape index (κ1) is 23.9. The van der Waals surface area contributed by atoms with Gasteiger partial charge in [-0.2, -0.15) is 9.36 Å². The van der Waals surface area contributed by atoms with E-state index in [-0.39, 0.29) is 17.8 Å². The number of hydrogen-bond acceptors (Lipinski definition) is 7. The maximum atomic E-state index is 13.2. The molecule has 178 valence electrons. The van der Waals surface area contributed by atoms with Crippen molar-refractivity contribution in [3.63, 3.8) is 0 Å². The highest BCUT2D eigenvalue weighted by Gasteiger charge is 2.30. The van der Waals surface area contributed by atoms with Crippen molar-refractivity contribution in [3.8, 4) is 10.9 Å². The van der Waals surface area contributed by atoms with E-state index in [0.717, 1.165) is 24.0 Å². The molecule has 1 aliphatic heterocycles. The molecule has 0 N–H and O–H groups in total. The lowest BCUT2D eigenvalue weighted by atomic mass is 9.97. The van der Waals surface area contributed by atoms with E-state index in [9.17, 15) is 9.59 Å². The molecule has 2 heterocycles. The number of carbonyl (C=O) groups excluding carboxylic acids is 2. The molecule has 1 unspecified atom stereocenters. The van der Waals surface area contributed by atoms with E-state index >= 15 is 0 Å². The molecule has 0 saturated carbocycles. The van der Waals surface area contributed by atoms with Crippen LogP contribution in [0.2, 0.25) is 0 Å². The minimum Gasteiger partial charge on any atom is -0.466 e. The second kappa shape index (κ2) is 10.8. The van der Waals surface area contributed by atoms with Crippen molar-refractivity contribution in [1.29, 1.82) is 0 Å². The molecule has 4 rings (SSSR count). The van der Waals surface area contributed by atoms with Gasteiger partial charge in [-0.1, -0.05) is 35.9 Å². The normalized spacial score (nSPS) is 15.7. The van der Waals surface area contributed by atoms with Crippen LogP contribution in [0.15, 0.2) is 42.5 Å². The summed E-state index contributed by atoms with van der Waals surface area (Å²) in [4.78, 5) is 31.6. The summed E-state index contributed by atoms with van der Waals surface area (Å²) in [5.41, 5.74) is 3.77. The van der Waals surface area contributed by atoms with Gasteiger partial charge in [0.15, 0.2) is 5.82 Å². The van der Waals surface area contributed by atoms with E-state index in [4.69, 9.17) is 9.47 Å². The summed E-state index contributed by atoms with van der Waals surface area (Å²) in [6, 6.07) is 13.7. The lowest BCUT2D eigenvalue weighted by Gasteiger charge is -2.31. The van der Waals surface area contributed by atoms with E-state index in [1.807, 2.05) is 13.0 Å². The summed E-state index contributed by atoms with van der Waals surface area (Å²) in [5, 5.41) is 0.440. The molecular formula is C26H29N3O4S. The van der Waals surface area contributed by atoms with Gasteiger partial charge in [0.05, 0.1) is 12.5 Å². The summed E-state index contributed by atoms with van der Waals surface area (Å²) in [6.07, 6.45) is 2.15. The number of hydrogen-bond donors (Lipinski definition) is 0. The van der Waals surface area contributed by atoms with Crippen molar-refractivity contribution in [1.82, 2.24) is 14.3 Å². The lowest BCUT2D eigenvalue weighted by molar-refractivity contribution is -0.149. The Kier molecular flexibility index (Phi) is 7.57. The highest BCUT2D eigenvalue weighted by molar-refractivity contribution is 7.07. The third-order valence-corrected chi connectivity index (χ3v) is 6.53. The van der Waals surface area contributed by atoms with Crippen molar-refractivity contribution < 1.29 is 19.1 Å². The molecule has 7 nitrogen and oxygen atoms in total. The van der Waals surface area contributed by atoms with Crippen LogP contribution >= 0.6 is 11.5 Å². The Hall–Kier alpha value is -3.26. The van der Waals surface area contributed by atoms with Gasteiger partial charge in [0.25, 0.3) is 11.1 Å². The minimum atomic E-state index is -0.271. The van der Waals surface area contributed by atoms with Crippen LogP contribution in [0.4, 0.5) is 0 Å². The number of likely N-dealkylation sites (tertiary alicyclic amines) is 1. The topological polar surface area (TPSA) is 81.6 Å². The van der Waals surface area contributed by atoms with Crippen molar-refractivity contribution in [3.05, 3.63) is 70.5 Å². The summed E-state index contributed by atoms with van der Waals surface area (Å²) in [6.45, 7) is 7.12. The molecule has 1 amide bonds. The van der Waals surface area contributed by atoms with Crippen molar-refractivity contribution in [2.45, 2.75) is 40.0 Å². The summed E-state index contributed by atoms with van der Waals surface area (Å²) in [7, 11) is 0. The minimum absolute atomic E-state index is 0.115. The van der Waals surface area contributed by atoms with Crippen molar-refractivity contribution in [2.24, 2.45) is 5.92 Å². The van der Waals surface area contributed by atoms with Crippen LogP contribution in [0.25, 0.3) is 0 Å². The Balaban J connectivity index is 1.44. The molecule has 1 saturated heterocycles. The number of aromatic nitrogens is 2. The van der Waals surface area contributed by atoms with Gasteiger partial charge in [0.2, 0.25) is 0 Å². The molecule has 1 fully saturated rings. The molecule has 1 atom stereocenters. The maximum absolute atomic E-state index is 13.2. The van der Waals surface area contributed by atoms with Gasteiger partial charge in [0.1, 0.15) is 5.75 Å². The molecule has 8 heteroatoms. The molecule has 0 radical (unpaired) electrons. The molecule has 1 aliphatic rings. The lowest BCUT2D eigenvalue weighted by Crippen LogP contribution is -2.42. The molecule has 1 aromatic heterocycles. The van der Waals surface area contributed by atoms with E-state index in [2.05, 4.69) is 40.5 Å². The van der Waals surface area contributed by atoms with Gasteiger partial charge in [-0.05, 0) is 56.9 Å². The molecular weight excluding hydrogens is 450 g/mol. The largest absolute Gasteiger partial charge is 0.466 e. The fraction of sp³-hybridized carbons (Fsp3) is 0.385. The van der Waals surface area contributed by atoms with Gasteiger partial charge < -0.3 is 14.4 Å². The average Bonchev–Trinajstić information content (AvgIpc) is 3.28. The zero-order chi connectivity index (χ0) is 24.1. The summed E-state index contributed by atoms with van der Waals surface area (Å²) in [5.74, 6) is 0.656. The Labute approximate surface area is 203 Å². The highest BCUT2D eigenvalue weighted by Crippen LogP contribution is 2.29. The van der Waals surface area contributed by atoms with E-state index in [0.29, 0.717) is 48.4 Å². The number of rotatable bonds is 7. The average molecular weight is 480 g/mol. The third kappa shape index (κ3) is 5.80. The fourth-order valence-electron chi connectivity index (χ4n) is 3.97. The fourth-order valence-corrected chi connectivity index (χ4v) is 4.54.